The van der Waals surface area contributed by atoms with Crippen LogP contribution < -0.4 is 15.1 Å². The molecule has 1 N–H and O–H groups in total. The Bertz CT molecular complexity index is 834. The first-order valence-electron chi connectivity index (χ1n) is 8.21. The molecule has 0 amide bonds. The predicted molar refractivity (Wildman–Crippen MR) is 98.0 cm³/mol. The highest BCUT2D eigenvalue weighted by Crippen LogP contribution is 2.24. The molecule has 2 aromatic rings. The molecule has 9 heteroatoms. The number of aromatic nitrogens is 3. The smallest absolute Gasteiger partial charge is 0.227 e. The van der Waals surface area contributed by atoms with E-state index in [2.05, 4.69) is 25.2 Å². The molecular formula is C16H22N6O2S. The molecule has 8 nitrogen and oxygen atoms in total. The summed E-state index contributed by atoms with van der Waals surface area (Å²) in [6.45, 7) is 5.55. The summed E-state index contributed by atoms with van der Waals surface area (Å²) in [6, 6.07) is 5.10. The summed E-state index contributed by atoms with van der Waals surface area (Å²) in [6.07, 6.45) is 4.58. The van der Waals surface area contributed by atoms with Gasteiger partial charge in [-0.05, 0) is 25.1 Å². The Labute approximate surface area is 147 Å². The monoisotopic (exact) mass is 362 g/mol. The van der Waals surface area contributed by atoms with Gasteiger partial charge in [0.2, 0.25) is 5.95 Å². The SMILES string of the molecule is CCNc1ccnc(N2CCN(c3ncccc3S(C)(=O)=O)CC2)n1. The molecule has 0 bridgehead atoms. The van der Waals surface area contributed by atoms with Crippen LogP contribution in [0.1, 0.15) is 6.92 Å². The van der Waals surface area contributed by atoms with Crippen LogP contribution in [0, 0.1) is 0 Å². The van der Waals surface area contributed by atoms with Gasteiger partial charge in [-0.25, -0.2) is 18.4 Å². The van der Waals surface area contributed by atoms with E-state index in [-0.39, 0.29) is 4.90 Å². The molecule has 0 aliphatic carbocycles. The van der Waals surface area contributed by atoms with Gasteiger partial charge in [0.15, 0.2) is 9.84 Å². The zero-order valence-electron chi connectivity index (χ0n) is 14.4. The van der Waals surface area contributed by atoms with Crippen LogP contribution in [0.3, 0.4) is 0 Å². The van der Waals surface area contributed by atoms with Crippen molar-refractivity contribution in [3.63, 3.8) is 0 Å². The third-order valence-corrected chi connectivity index (χ3v) is 5.13. The van der Waals surface area contributed by atoms with Crippen LogP contribution >= 0.6 is 0 Å². The van der Waals surface area contributed by atoms with Gasteiger partial charge >= 0.3 is 0 Å². The molecule has 0 atom stereocenters. The lowest BCUT2D eigenvalue weighted by atomic mass is 10.3. The van der Waals surface area contributed by atoms with Crippen LogP contribution in [0.2, 0.25) is 0 Å². The zero-order chi connectivity index (χ0) is 17.9. The van der Waals surface area contributed by atoms with Crippen molar-refractivity contribution in [1.29, 1.82) is 0 Å². The van der Waals surface area contributed by atoms with Gasteiger partial charge in [0.1, 0.15) is 16.5 Å². The Balaban J connectivity index is 1.74. The van der Waals surface area contributed by atoms with Gasteiger partial charge in [0.05, 0.1) is 0 Å². The van der Waals surface area contributed by atoms with Crippen molar-refractivity contribution in [2.75, 3.05) is 54.1 Å². The van der Waals surface area contributed by atoms with Gasteiger partial charge in [-0.1, -0.05) is 0 Å². The van der Waals surface area contributed by atoms with Gasteiger partial charge in [-0.15, -0.1) is 0 Å². The van der Waals surface area contributed by atoms with E-state index in [0.717, 1.165) is 12.4 Å². The third kappa shape index (κ3) is 3.98. The Kier molecular flexibility index (Phi) is 5.03. The molecule has 0 unspecified atom stereocenters. The number of nitrogens with one attached hydrogen (secondary N) is 1. The maximum Gasteiger partial charge on any atom is 0.227 e. The van der Waals surface area contributed by atoms with Gasteiger partial charge < -0.3 is 15.1 Å². The zero-order valence-corrected chi connectivity index (χ0v) is 15.2. The molecule has 1 saturated heterocycles. The van der Waals surface area contributed by atoms with Crippen molar-refractivity contribution in [2.24, 2.45) is 0 Å². The molecule has 25 heavy (non-hydrogen) atoms. The number of hydrogen-bond acceptors (Lipinski definition) is 8. The molecule has 0 spiro atoms. The molecule has 0 radical (unpaired) electrons. The van der Waals surface area contributed by atoms with Crippen LogP contribution in [0.4, 0.5) is 17.6 Å². The first-order chi connectivity index (χ1) is 12.0. The minimum absolute atomic E-state index is 0.272. The van der Waals surface area contributed by atoms with Crippen LogP contribution in [0.5, 0.6) is 0 Å². The molecule has 1 fully saturated rings. The summed E-state index contributed by atoms with van der Waals surface area (Å²) < 4.78 is 24.0. The van der Waals surface area contributed by atoms with E-state index in [1.54, 1.807) is 24.5 Å². The van der Waals surface area contributed by atoms with Crippen molar-refractivity contribution >= 4 is 27.4 Å². The summed E-state index contributed by atoms with van der Waals surface area (Å²) >= 11 is 0. The van der Waals surface area contributed by atoms with Crippen LogP contribution in [0.15, 0.2) is 35.5 Å². The summed E-state index contributed by atoms with van der Waals surface area (Å²) in [5, 5.41) is 3.18. The molecule has 134 valence electrons. The predicted octanol–water partition coefficient (Wildman–Crippen LogP) is 1.03. The second kappa shape index (κ2) is 7.22. The van der Waals surface area contributed by atoms with Crippen molar-refractivity contribution in [3.8, 4) is 0 Å². The molecule has 3 rings (SSSR count). The standard InChI is InChI=1S/C16H22N6O2S/c1-3-17-14-6-8-19-16(20-14)22-11-9-21(10-12-22)15-13(25(2,23)24)5-4-7-18-15/h4-8H,3,9-12H2,1-2H3,(H,17,19,20). The highest BCUT2D eigenvalue weighted by atomic mass is 32.2. The van der Waals surface area contributed by atoms with Gasteiger partial charge in [0, 0.05) is 51.4 Å². The van der Waals surface area contributed by atoms with E-state index < -0.39 is 9.84 Å². The maximum absolute atomic E-state index is 12.0. The van der Waals surface area contributed by atoms with E-state index in [0.29, 0.717) is 37.9 Å². The number of anilines is 3. The molecule has 2 aromatic heterocycles. The Morgan fingerprint density at radius 3 is 2.48 bits per heavy atom. The summed E-state index contributed by atoms with van der Waals surface area (Å²) in [4.78, 5) is 17.5. The summed E-state index contributed by atoms with van der Waals surface area (Å²) in [5.41, 5.74) is 0. The van der Waals surface area contributed by atoms with E-state index in [1.165, 1.54) is 6.26 Å². The average Bonchev–Trinajstić information content (AvgIpc) is 2.62. The average molecular weight is 362 g/mol. The van der Waals surface area contributed by atoms with Gasteiger partial charge in [-0.2, -0.15) is 4.98 Å². The van der Waals surface area contributed by atoms with Crippen LogP contribution in [-0.4, -0.2) is 62.3 Å². The van der Waals surface area contributed by atoms with Crippen molar-refractivity contribution < 1.29 is 8.42 Å². The minimum Gasteiger partial charge on any atom is -0.370 e. The van der Waals surface area contributed by atoms with E-state index in [9.17, 15) is 8.42 Å². The highest BCUT2D eigenvalue weighted by Gasteiger charge is 2.24. The fraction of sp³-hybridized carbons (Fsp3) is 0.438. The molecule has 1 aliphatic rings. The molecular weight excluding hydrogens is 340 g/mol. The van der Waals surface area contributed by atoms with Crippen molar-refractivity contribution in [2.45, 2.75) is 11.8 Å². The maximum atomic E-state index is 12.0. The topological polar surface area (TPSA) is 91.3 Å². The lowest BCUT2D eigenvalue weighted by molar-refractivity contribution is 0.597. The van der Waals surface area contributed by atoms with Crippen molar-refractivity contribution in [1.82, 2.24) is 15.0 Å². The Morgan fingerprint density at radius 1 is 1.08 bits per heavy atom. The summed E-state index contributed by atoms with van der Waals surface area (Å²) in [7, 11) is -3.31. The lowest BCUT2D eigenvalue weighted by Crippen LogP contribution is -2.47. The largest absolute Gasteiger partial charge is 0.370 e. The molecule has 0 saturated carbocycles. The highest BCUT2D eigenvalue weighted by molar-refractivity contribution is 7.90. The second-order valence-electron chi connectivity index (χ2n) is 5.84. The Hall–Kier alpha value is -2.42. The lowest BCUT2D eigenvalue weighted by Gasteiger charge is -2.36. The van der Waals surface area contributed by atoms with Crippen LogP contribution in [0.25, 0.3) is 0 Å². The third-order valence-electron chi connectivity index (χ3n) is 4.01. The fourth-order valence-electron chi connectivity index (χ4n) is 2.81. The second-order valence-corrected chi connectivity index (χ2v) is 7.83. The first kappa shape index (κ1) is 17.4. The van der Waals surface area contributed by atoms with E-state index in [1.807, 2.05) is 17.9 Å². The number of pyridine rings is 1. The first-order valence-corrected chi connectivity index (χ1v) is 10.1. The van der Waals surface area contributed by atoms with Gasteiger partial charge in [0.25, 0.3) is 0 Å². The Morgan fingerprint density at radius 2 is 1.80 bits per heavy atom. The van der Waals surface area contributed by atoms with E-state index >= 15 is 0 Å². The van der Waals surface area contributed by atoms with Crippen LogP contribution in [-0.2, 0) is 9.84 Å². The van der Waals surface area contributed by atoms with Crippen molar-refractivity contribution in [3.05, 3.63) is 30.6 Å². The fourth-order valence-corrected chi connectivity index (χ4v) is 3.65. The summed E-state index contributed by atoms with van der Waals surface area (Å²) in [5.74, 6) is 2.01. The quantitative estimate of drug-likeness (QED) is 0.843. The molecule has 1 aliphatic heterocycles. The number of piperazine rings is 1. The number of sulfone groups is 1. The number of nitrogens with zero attached hydrogens (tertiary/aromatic N) is 5. The number of rotatable bonds is 5. The normalized spacial score (nSPS) is 15.3. The van der Waals surface area contributed by atoms with Gasteiger partial charge in [-0.3, -0.25) is 0 Å². The molecule has 3 heterocycles. The minimum atomic E-state index is -3.31. The van der Waals surface area contributed by atoms with E-state index in [4.69, 9.17) is 0 Å². The molecule has 0 aromatic carbocycles. The number of hydrogen-bond donors (Lipinski definition) is 1.